The summed E-state index contributed by atoms with van der Waals surface area (Å²) in [5, 5.41) is 5.77. The highest BCUT2D eigenvalue weighted by molar-refractivity contribution is 7.22. The maximum absolute atomic E-state index is 6.45. The van der Waals surface area contributed by atoms with E-state index in [9.17, 15) is 0 Å². The Balaban J connectivity index is 1.74. The number of methoxy groups -OCH3 is 1. The number of nitrogen functional groups attached to an aromatic ring is 1. The van der Waals surface area contributed by atoms with Gasteiger partial charge in [-0.15, -0.1) is 11.3 Å². The quantitative estimate of drug-likeness (QED) is 0.441. The van der Waals surface area contributed by atoms with Crippen LogP contribution in [0.4, 0.5) is 5.82 Å². The second-order valence-electron chi connectivity index (χ2n) is 8.23. The molecule has 0 amide bonds. The number of nitrogens with two attached hydrogens (primary N) is 1. The Morgan fingerprint density at radius 1 is 1.21 bits per heavy atom. The first-order chi connectivity index (χ1) is 16.1. The second kappa shape index (κ2) is 9.26. The largest absolute Gasteiger partial charge is 0.495 e. The summed E-state index contributed by atoms with van der Waals surface area (Å²) in [5.74, 6) is 1.35. The van der Waals surface area contributed by atoms with Crippen molar-refractivity contribution in [1.29, 1.82) is 0 Å². The molecule has 1 fully saturated rings. The van der Waals surface area contributed by atoms with Crippen LogP contribution in [0.3, 0.4) is 0 Å². The van der Waals surface area contributed by atoms with Crippen LogP contribution in [0.1, 0.15) is 23.7 Å². The molecular formula is C24H29N5O3S. The summed E-state index contributed by atoms with van der Waals surface area (Å²) in [4.78, 5) is 7.82. The summed E-state index contributed by atoms with van der Waals surface area (Å²) in [6.07, 6.45) is 1.52. The average molecular weight is 468 g/mol. The zero-order chi connectivity index (χ0) is 22.9. The Bertz CT molecular complexity index is 1290. The molecule has 5 rings (SSSR count). The van der Waals surface area contributed by atoms with Gasteiger partial charge in [-0.3, -0.25) is 4.90 Å². The monoisotopic (exact) mass is 467 g/mol. The number of fused-ring (bicyclic) bond motifs is 2. The lowest BCUT2D eigenvalue weighted by Crippen LogP contribution is -2.36. The molecule has 0 spiro atoms. The van der Waals surface area contributed by atoms with Crippen molar-refractivity contribution in [3.8, 4) is 16.2 Å². The van der Waals surface area contributed by atoms with Crippen LogP contribution in [-0.4, -0.2) is 59.5 Å². The normalized spacial score (nSPS) is 15.0. The van der Waals surface area contributed by atoms with Crippen LogP contribution in [0.25, 0.3) is 26.0 Å². The SMILES string of the molecule is CCOCc1c(-c2cc3cc(C)cc(OC)c3s2)c2c(N)ncnn2c1CN1CCOCC1. The lowest BCUT2D eigenvalue weighted by atomic mass is 10.1. The van der Waals surface area contributed by atoms with Gasteiger partial charge in [0.2, 0.25) is 0 Å². The highest BCUT2D eigenvalue weighted by Gasteiger charge is 2.26. The second-order valence-corrected chi connectivity index (χ2v) is 9.28. The van der Waals surface area contributed by atoms with Crippen LogP contribution in [0.15, 0.2) is 24.5 Å². The van der Waals surface area contributed by atoms with Crippen molar-refractivity contribution in [1.82, 2.24) is 19.5 Å². The molecule has 174 valence electrons. The topological polar surface area (TPSA) is 87.1 Å². The highest BCUT2D eigenvalue weighted by Crippen LogP contribution is 2.44. The number of rotatable bonds is 7. The van der Waals surface area contributed by atoms with Crippen LogP contribution in [0.2, 0.25) is 0 Å². The first-order valence-corrected chi connectivity index (χ1v) is 12.0. The molecule has 4 aromatic rings. The first kappa shape index (κ1) is 22.1. The first-order valence-electron chi connectivity index (χ1n) is 11.2. The standard InChI is InChI=1S/C24H29N5O3S/c1-4-31-13-17-18(12-28-5-7-32-8-6-28)29-22(24(25)26-14-27-29)21(17)20-11-16-9-15(2)10-19(30-3)23(16)33-20/h9-11,14H,4-8,12-13H2,1-3H3,(H2,25,26,27). The summed E-state index contributed by atoms with van der Waals surface area (Å²) >= 11 is 1.70. The Labute approximate surface area is 196 Å². The third-order valence-electron chi connectivity index (χ3n) is 6.08. The van der Waals surface area contributed by atoms with Gasteiger partial charge in [0.15, 0.2) is 5.82 Å². The molecule has 0 aliphatic carbocycles. The number of benzene rings is 1. The Morgan fingerprint density at radius 2 is 2.03 bits per heavy atom. The fourth-order valence-corrected chi connectivity index (χ4v) is 5.72. The molecule has 0 radical (unpaired) electrons. The number of morpholine rings is 1. The lowest BCUT2D eigenvalue weighted by Gasteiger charge is -2.26. The molecule has 0 atom stereocenters. The molecular weight excluding hydrogens is 438 g/mol. The average Bonchev–Trinajstić information content (AvgIpc) is 3.37. The van der Waals surface area contributed by atoms with Crippen LogP contribution in [0.5, 0.6) is 5.75 Å². The van der Waals surface area contributed by atoms with Gasteiger partial charge in [0.05, 0.1) is 37.3 Å². The molecule has 8 nitrogen and oxygen atoms in total. The van der Waals surface area contributed by atoms with Gasteiger partial charge in [-0.2, -0.15) is 5.10 Å². The number of hydrogen-bond donors (Lipinski definition) is 1. The van der Waals surface area contributed by atoms with Gasteiger partial charge in [-0.25, -0.2) is 9.50 Å². The number of nitrogens with zero attached hydrogens (tertiary/aromatic N) is 4. The molecule has 33 heavy (non-hydrogen) atoms. The predicted octanol–water partition coefficient (Wildman–Crippen LogP) is 3.88. The molecule has 3 aromatic heterocycles. The molecule has 2 N–H and O–H groups in total. The van der Waals surface area contributed by atoms with Gasteiger partial charge >= 0.3 is 0 Å². The fourth-order valence-electron chi connectivity index (χ4n) is 4.52. The Kier molecular flexibility index (Phi) is 6.20. The van der Waals surface area contributed by atoms with Crippen molar-refractivity contribution < 1.29 is 14.2 Å². The van der Waals surface area contributed by atoms with Crippen molar-refractivity contribution in [2.75, 3.05) is 45.8 Å². The molecule has 4 heterocycles. The fraction of sp³-hybridized carbons (Fsp3) is 0.417. The van der Waals surface area contributed by atoms with Crippen LogP contribution >= 0.6 is 11.3 Å². The van der Waals surface area contributed by atoms with E-state index in [-0.39, 0.29) is 0 Å². The van der Waals surface area contributed by atoms with Gasteiger partial charge in [0, 0.05) is 42.2 Å². The number of thiophene rings is 1. The van der Waals surface area contributed by atoms with Gasteiger partial charge in [-0.05, 0) is 36.9 Å². The molecule has 1 aliphatic heterocycles. The Morgan fingerprint density at radius 3 is 2.79 bits per heavy atom. The van der Waals surface area contributed by atoms with Crippen molar-refractivity contribution in [3.63, 3.8) is 0 Å². The van der Waals surface area contributed by atoms with Gasteiger partial charge in [-0.1, -0.05) is 6.07 Å². The van der Waals surface area contributed by atoms with E-state index in [2.05, 4.69) is 40.1 Å². The zero-order valence-corrected chi connectivity index (χ0v) is 20.1. The number of aryl methyl sites for hydroxylation is 1. The van der Waals surface area contributed by atoms with Crippen LogP contribution in [0, 0.1) is 6.92 Å². The summed E-state index contributed by atoms with van der Waals surface area (Å²) in [6.45, 7) is 9.21. The van der Waals surface area contributed by atoms with Crippen LogP contribution < -0.4 is 10.5 Å². The van der Waals surface area contributed by atoms with Crippen molar-refractivity contribution in [3.05, 3.63) is 41.3 Å². The summed E-state index contributed by atoms with van der Waals surface area (Å²) in [7, 11) is 1.72. The number of hydrogen-bond acceptors (Lipinski definition) is 8. The van der Waals surface area contributed by atoms with Gasteiger partial charge in [0.25, 0.3) is 0 Å². The zero-order valence-electron chi connectivity index (χ0n) is 19.3. The number of ether oxygens (including phenoxy) is 3. The molecule has 1 aliphatic rings. The molecule has 0 saturated carbocycles. The van der Waals surface area contributed by atoms with Gasteiger partial charge in [0.1, 0.15) is 17.6 Å². The summed E-state index contributed by atoms with van der Waals surface area (Å²) < 4.78 is 20.3. The van der Waals surface area contributed by atoms with E-state index >= 15 is 0 Å². The third-order valence-corrected chi connectivity index (χ3v) is 7.26. The van der Waals surface area contributed by atoms with Crippen molar-refractivity contribution in [2.45, 2.75) is 27.0 Å². The summed E-state index contributed by atoms with van der Waals surface area (Å²) in [5.41, 5.74) is 11.7. The molecule has 9 heteroatoms. The highest BCUT2D eigenvalue weighted by atomic mass is 32.1. The Hall–Kier alpha value is -2.72. The molecule has 1 saturated heterocycles. The minimum Gasteiger partial charge on any atom is -0.495 e. The molecule has 0 unspecified atom stereocenters. The van der Waals surface area contributed by atoms with Crippen LogP contribution in [-0.2, 0) is 22.6 Å². The third kappa shape index (κ3) is 4.06. The molecule has 0 bridgehead atoms. The van der Waals surface area contributed by atoms with E-state index < -0.39 is 0 Å². The van der Waals surface area contributed by atoms with E-state index in [0.29, 0.717) is 19.0 Å². The maximum atomic E-state index is 6.45. The lowest BCUT2D eigenvalue weighted by molar-refractivity contribution is 0.0329. The van der Waals surface area contributed by atoms with E-state index in [0.717, 1.165) is 81.5 Å². The predicted molar refractivity (Wildman–Crippen MR) is 131 cm³/mol. The van der Waals surface area contributed by atoms with Crippen molar-refractivity contribution >= 4 is 32.8 Å². The molecule has 1 aromatic carbocycles. The van der Waals surface area contributed by atoms with E-state index in [1.165, 1.54) is 6.33 Å². The van der Waals surface area contributed by atoms with E-state index in [1.54, 1.807) is 18.4 Å². The van der Waals surface area contributed by atoms with E-state index in [4.69, 9.17) is 19.9 Å². The minimum absolute atomic E-state index is 0.464. The number of aromatic nitrogens is 3. The smallest absolute Gasteiger partial charge is 0.152 e. The number of anilines is 1. The van der Waals surface area contributed by atoms with Gasteiger partial charge < -0.3 is 19.9 Å². The minimum atomic E-state index is 0.464. The van der Waals surface area contributed by atoms with E-state index in [1.807, 2.05) is 11.4 Å². The van der Waals surface area contributed by atoms with Crippen molar-refractivity contribution in [2.24, 2.45) is 0 Å². The maximum Gasteiger partial charge on any atom is 0.152 e. The summed E-state index contributed by atoms with van der Waals surface area (Å²) in [6, 6.07) is 6.47.